The lowest BCUT2D eigenvalue weighted by Crippen LogP contribution is -2.44. The largest absolute Gasteiger partial charge is 0.444 e. The van der Waals surface area contributed by atoms with Gasteiger partial charge in [0.15, 0.2) is 0 Å². The predicted molar refractivity (Wildman–Crippen MR) is 60.1 cm³/mol. The van der Waals surface area contributed by atoms with Crippen LogP contribution in [-0.2, 0) is 4.74 Å². The Kier molecular flexibility index (Phi) is 2.65. The SMILES string of the molecule is CC(C)(C)OC(=O)N1CC[C@]2(C1)C[C@@H](O)C2. The van der Waals surface area contributed by atoms with Gasteiger partial charge in [0.25, 0.3) is 0 Å². The third-order valence-electron chi connectivity index (χ3n) is 3.43. The van der Waals surface area contributed by atoms with E-state index < -0.39 is 5.60 Å². The van der Waals surface area contributed by atoms with Crippen molar-refractivity contribution < 1.29 is 14.6 Å². The second-order valence-corrected chi connectivity index (χ2v) is 6.21. The fourth-order valence-corrected chi connectivity index (χ4v) is 2.69. The molecule has 16 heavy (non-hydrogen) atoms. The van der Waals surface area contributed by atoms with Gasteiger partial charge in [0.05, 0.1) is 6.10 Å². The van der Waals surface area contributed by atoms with Gasteiger partial charge in [-0.2, -0.15) is 0 Å². The maximum atomic E-state index is 11.8. The van der Waals surface area contributed by atoms with E-state index in [-0.39, 0.29) is 17.6 Å². The Morgan fingerprint density at radius 1 is 1.44 bits per heavy atom. The first-order chi connectivity index (χ1) is 7.30. The molecule has 0 atom stereocenters. The maximum Gasteiger partial charge on any atom is 0.410 e. The lowest BCUT2D eigenvalue weighted by molar-refractivity contribution is -0.0283. The van der Waals surface area contributed by atoms with Crippen LogP contribution in [0.2, 0.25) is 0 Å². The number of amides is 1. The van der Waals surface area contributed by atoms with Gasteiger partial charge in [-0.1, -0.05) is 0 Å². The number of nitrogens with zero attached hydrogens (tertiary/aromatic N) is 1. The van der Waals surface area contributed by atoms with Gasteiger partial charge in [-0.25, -0.2) is 4.79 Å². The van der Waals surface area contributed by atoms with Gasteiger partial charge >= 0.3 is 6.09 Å². The van der Waals surface area contributed by atoms with Crippen molar-refractivity contribution in [1.29, 1.82) is 0 Å². The molecular formula is C12H21NO3. The zero-order valence-corrected chi connectivity index (χ0v) is 10.3. The van der Waals surface area contributed by atoms with E-state index in [1.54, 1.807) is 4.90 Å². The number of ether oxygens (including phenoxy) is 1. The first kappa shape index (κ1) is 11.7. The number of rotatable bonds is 0. The van der Waals surface area contributed by atoms with Gasteiger partial charge in [-0.3, -0.25) is 0 Å². The van der Waals surface area contributed by atoms with Crippen LogP contribution in [-0.4, -0.2) is 40.9 Å². The summed E-state index contributed by atoms with van der Waals surface area (Å²) < 4.78 is 5.33. The highest BCUT2D eigenvalue weighted by Crippen LogP contribution is 2.48. The molecule has 1 aliphatic carbocycles. The molecule has 0 bridgehead atoms. The molecule has 1 spiro atoms. The molecule has 0 aromatic heterocycles. The summed E-state index contributed by atoms with van der Waals surface area (Å²) in [6, 6.07) is 0. The normalized spacial score (nSPS) is 34.0. The molecule has 1 saturated heterocycles. The van der Waals surface area contributed by atoms with E-state index in [9.17, 15) is 9.90 Å². The average Bonchev–Trinajstić information content (AvgIpc) is 2.45. The van der Waals surface area contributed by atoms with Crippen molar-refractivity contribution in [2.75, 3.05) is 13.1 Å². The Morgan fingerprint density at radius 2 is 2.06 bits per heavy atom. The quantitative estimate of drug-likeness (QED) is 0.686. The lowest BCUT2D eigenvalue weighted by atomic mass is 9.66. The fourth-order valence-electron chi connectivity index (χ4n) is 2.69. The zero-order valence-electron chi connectivity index (χ0n) is 10.3. The van der Waals surface area contributed by atoms with E-state index in [1.165, 1.54) is 0 Å². The first-order valence-electron chi connectivity index (χ1n) is 5.96. The van der Waals surface area contributed by atoms with Crippen molar-refractivity contribution in [3.05, 3.63) is 0 Å². The molecule has 0 aromatic carbocycles. The lowest BCUT2D eigenvalue weighted by Gasteiger charge is -2.42. The highest BCUT2D eigenvalue weighted by atomic mass is 16.6. The van der Waals surface area contributed by atoms with Crippen LogP contribution in [0.1, 0.15) is 40.0 Å². The minimum Gasteiger partial charge on any atom is -0.444 e. The number of likely N-dealkylation sites (tertiary alicyclic amines) is 1. The Morgan fingerprint density at radius 3 is 2.56 bits per heavy atom. The fraction of sp³-hybridized carbons (Fsp3) is 0.917. The molecule has 1 heterocycles. The van der Waals surface area contributed by atoms with E-state index in [0.29, 0.717) is 0 Å². The standard InChI is InChI=1S/C12H21NO3/c1-11(2,3)16-10(15)13-5-4-12(8-13)6-9(14)7-12/h9,14H,4-8H2,1-3H3/t9-,12+. The van der Waals surface area contributed by atoms with Crippen LogP contribution in [0.4, 0.5) is 4.79 Å². The molecule has 2 fully saturated rings. The summed E-state index contributed by atoms with van der Waals surface area (Å²) in [6.07, 6.45) is 2.31. The summed E-state index contributed by atoms with van der Waals surface area (Å²) in [6.45, 7) is 7.15. The van der Waals surface area contributed by atoms with Crippen LogP contribution >= 0.6 is 0 Å². The molecule has 2 rings (SSSR count). The molecule has 0 radical (unpaired) electrons. The van der Waals surface area contributed by atoms with Crippen molar-refractivity contribution in [3.8, 4) is 0 Å². The summed E-state index contributed by atoms with van der Waals surface area (Å²) >= 11 is 0. The molecule has 4 nitrogen and oxygen atoms in total. The minimum absolute atomic E-state index is 0.154. The highest BCUT2D eigenvalue weighted by molar-refractivity contribution is 5.68. The molecule has 1 saturated carbocycles. The molecule has 1 N–H and O–H groups in total. The van der Waals surface area contributed by atoms with Gasteiger partial charge in [-0.05, 0) is 45.4 Å². The number of carbonyl (C=O) groups is 1. The topological polar surface area (TPSA) is 49.8 Å². The minimum atomic E-state index is -0.425. The van der Waals surface area contributed by atoms with Gasteiger partial charge in [0.1, 0.15) is 5.60 Å². The summed E-state index contributed by atoms with van der Waals surface area (Å²) in [5.74, 6) is 0. The predicted octanol–water partition coefficient (Wildman–Crippen LogP) is 1.77. The summed E-state index contributed by atoms with van der Waals surface area (Å²) in [7, 11) is 0. The van der Waals surface area contributed by atoms with E-state index in [4.69, 9.17) is 4.74 Å². The van der Waals surface area contributed by atoms with Gasteiger partial charge < -0.3 is 14.7 Å². The Labute approximate surface area is 96.6 Å². The van der Waals surface area contributed by atoms with Crippen LogP contribution < -0.4 is 0 Å². The molecule has 2 aliphatic rings. The number of hydrogen-bond acceptors (Lipinski definition) is 3. The van der Waals surface area contributed by atoms with Gasteiger partial charge in [0, 0.05) is 13.1 Å². The molecule has 4 heteroatoms. The number of hydrogen-bond donors (Lipinski definition) is 1. The number of aliphatic hydroxyl groups is 1. The van der Waals surface area contributed by atoms with E-state index in [2.05, 4.69) is 0 Å². The Hall–Kier alpha value is -0.770. The molecule has 92 valence electrons. The van der Waals surface area contributed by atoms with Crippen molar-refractivity contribution in [2.24, 2.45) is 5.41 Å². The van der Waals surface area contributed by atoms with Crippen LogP contribution in [0.3, 0.4) is 0 Å². The Balaban J connectivity index is 1.87. The van der Waals surface area contributed by atoms with Crippen LogP contribution in [0, 0.1) is 5.41 Å². The number of aliphatic hydroxyl groups excluding tert-OH is 1. The summed E-state index contributed by atoms with van der Waals surface area (Å²) in [5, 5.41) is 9.35. The van der Waals surface area contributed by atoms with Crippen molar-refractivity contribution in [3.63, 3.8) is 0 Å². The third-order valence-corrected chi connectivity index (χ3v) is 3.43. The van der Waals surface area contributed by atoms with E-state index in [0.717, 1.165) is 32.4 Å². The zero-order chi connectivity index (χ0) is 12.0. The maximum absolute atomic E-state index is 11.8. The summed E-state index contributed by atoms with van der Waals surface area (Å²) in [5.41, 5.74) is -0.234. The van der Waals surface area contributed by atoms with E-state index >= 15 is 0 Å². The van der Waals surface area contributed by atoms with Crippen LogP contribution in [0.5, 0.6) is 0 Å². The van der Waals surface area contributed by atoms with Crippen molar-refractivity contribution >= 4 is 6.09 Å². The number of carbonyl (C=O) groups excluding carboxylic acids is 1. The van der Waals surface area contributed by atoms with Gasteiger partial charge in [-0.15, -0.1) is 0 Å². The van der Waals surface area contributed by atoms with Crippen LogP contribution in [0.15, 0.2) is 0 Å². The average molecular weight is 227 g/mol. The first-order valence-corrected chi connectivity index (χ1v) is 5.96. The van der Waals surface area contributed by atoms with E-state index in [1.807, 2.05) is 20.8 Å². The molecular weight excluding hydrogens is 206 g/mol. The third kappa shape index (κ3) is 2.32. The second kappa shape index (κ2) is 3.62. The summed E-state index contributed by atoms with van der Waals surface area (Å²) in [4.78, 5) is 13.6. The second-order valence-electron chi connectivity index (χ2n) is 6.21. The van der Waals surface area contributed by atoms with Crippen molar-refractivity contribution in [2.45, 2.75) is 51.7 Å². The monoisotopic (exact) mass is 227 g/mol. The van der Waals surface area contributed by atoms with Gasteiger partial charge in [0.2, 0.25) is 0 Å². The highest BCUT2D eigenvalue weighted by Gasteiger charge is 2.49. The van der Waals surface area contributed by atoms with Crippen molar-refractivity contribution in [1.82, 2.24) is 4.90 Å². The molecule has 0 aromatic rings. The Bertz CT molecular complexity index is 289. The smallest absolute Gasteiger partial charge is 0.410 e. The molecule has 1 aliphatic heterocycles. The molecule has 0 unspecified atom stereocenters. The van der Waals surface area contributed by atoms with Crippen LogP contribution in [0.25, 0.3) is 0 Å². The molecule has 1 amide bonds.